The maximum absolute atomic E-state index is 4.37. The summed E-state index contributed by atoms with van der Waals surface area (Å²) in [7, 11) is 0. The Morgan fingerprint density at radius 2 is 1.52 bits per heavy atom. The monoisotopic (exact) mass is 295 g/mol. The number of nitrogens with zero attached hydrogens (tertiary/aromatic N) is 3. The van der Waals surface area contributed by atoms with Gasteiger partial charge in [-0.05, 0) is 31.6 Å². The second kappa shape index (κ2) is 9.42. The van der Waals surface area contributed by atoms with Crippen LogP contribution < -0.4 is 0 Å². The van der Waals surface area contributed by atoms with Crippen molar-refractivity contribution < 1.29 is 0 Å². The second-order valence-electron chi connectivity index (χ2n) is 7.89. The number of hydrogen-bond donors (Lipinski definition) is 0. The van der Waals surface area contributed by atoms with Crippen molar-refractivity contribution in [2.45, 2.75) is 91.5 Å². The van der Waals surface area contributed by atoms with Crippen LogP contribution >= 0.6 is 0 Å². The van der Waals surface area contributed by atoms with Gasteiger partial charge in [0.25, 0.3) is 0 Å². The third-order valence-electron chi connectivity index (χ3n) is 4.62. The zero-order chi connectivity index (χ0) is 15.7. The Bertz CT molecular complexity index is 299. The van der Waals surface area contributed by atoms with Gasteiger partial charge in [0.1, 0.15) is 0 Å². The quantitative estimate of drug-likeness (QED) is 0.439. The highest BCUT2D eigenvalue weighted by Crippen LogP contribution is 2.29. The fourth-order valence-corrected chi connectivity index (χ4v) is 2.94. The van der Waals surface area contributed by atoms with Crippen LogP contribution in [0.1, 0.15) is 86.0 Å². The van der Waals surface area contributed by atoms with Crippen LogP contribution in [0.25, 0.3) is 0 Å². The molecule has 3 heteroatoms. The van der Waals surface area contributed by atoms with Gasteiger partial charge in [-0.15, -0.1) is 0 Å². The molecule has 0 aromatic heterocycles. The Labute approximate surface area is 132 Å². The van der Waals surface area contributed by atoms with Gasteiger partial charge in [0.05, 0.1) is 12.1 Å². The first-order chi connectivity index (χ1) is 9.94. The molecule has 1 unspecified atom stereocenters. The molecule has 0 saturated carbocycles. The van der Waals surface area contributed by atoms with E-state index < -0.39 is 0 Å². The summed E-state index contributed by atoms with van der Waals surface area (Å²) in [5.74, 6) is 1.60. The SMILES string of the molecule is CC(C)CCCCCCCC1(C)CN=NN1CCC(C)C. The fraction of sp³-hybridized carbons (Fsp3) is 1.00. The summed E-state index contributed by atoms with van der Waals surface area (Å²) in [6.45, 7) is 13.5. The van der Waals surface area contributed by atoms with E-state index in [1.165, 1.54) is 51.4 Å². The molecule has 0 N–H and O–H groups in total. The minimum absolute atomic E-state index is 0.187. The Morgan fingerprint density at radius 3 is 2.19 bits per heavy atom. The number of rotatable bonds is 11. The van der Waals surface area contributed by atoms with E-state index in [9.17, 15) is 0 Å². The Balaban J connectivity index is 2.14. The van der Waals surface area contributed by atoms with Crippen LogP contribution in [-0.4, -0.2) is 23.6 Å². The molecular weight excluding hydrogens is 258 g/mol. The summed E-state index contributed by atoms with van der Waals surface area (Å²) >= 11 is 0. The van der Waals surface area contributed by atoms with Crippen molar-refractivity contribution in [1.82, 2.24) is 5.01 Å². The lowest BCUT2D eigenvalue weighted by molar-refractivity contribution is 0.124. The summed E-state index contributed by atoms with van der Waals surface area (Å²) in [6.07, 6.45) is 10.7. The molecule has 0 aromatic rings. The smallest absolute Gasteiger partial charge is 0.0866 e. The Morgan fingerprint density at radius 1 is 0.905 bits per heavy atom. The zero-order valence-electron chi connectivity index (χ0n) is 15.1. The highest BCUT2D eigenvalue weighted by Gasteiger charge is 2.34. The molecule has 1 heterocycles. The molecule has 0 amide bonds. The van der Waals surface area contributed by atoms with Crippen LogP contribution in [0.5, 0.6) is 0 Å². The third-order valence-corrected chi connectivity index (χ3v) is 4.62. The average Bonchev–Trinajstić information content (AvgIpc) is 2.76. The molecule has 0 fully saturated rings. The predicted octanol–water partition coefficient (Wildman–Crippen LogP) is 5.86. The second-order valence-corrected chi connectivity index (χ2v) is 7.89. The van der Waals surface area contributed by atoms with Crippen molar-refractivity contribution in [3.8, 4) is 0 Å². The summed E-state index contributed by atoms with van der Waals surface area (Å²) in [4.78, 5) is 0. The first kappa shape index (κ1) is 18.4. The molecule has 1 rings (SSSR count). The molecule has 124 valence electrons. The van der Waals surface area contributed by atoms with E-state index in [0.29, 0.717) is 0 Å². The van der Waals surface area contributed by atoms with Gasteiger partial charge in [-0.1, -0.05) is 71.4 Å². The predicted molar refractivity (Wildman–Crippen MR) is 91.4 cm³/mol. The zero-order valence-corrected chi connectivity index (χ0v) is 15.1. The van der Waals surface area contributed by atoms with Gasteiger partial charge in [0.15, 0.2) is 0 Å². The highest BCUT2D eigenvalue weighted by molar-refractivity contribution is 4.89. The van der Waals surface area contributed by atoms with Crippen LogP contribution in [0.3, 0.4) is 0 Å². The van der Waals surface area contributed by atoms with Crippen molar-refractivity contribution in [2.24, 2.45) is 22.2 Å². The summed E-state index contributed by atoms with van der Waals surface area (Å²) < 4.78 is 0. The van der Waals surface area contributed by atoms with E-state index in [1.54, 1.807) is 0 Å². The highest BCUT2D eigenvalue weighted by atomic mass is 15.6. The number of hydrogen-bond acceptors (Lipinski definition) is 3. The number of unbranched alkanes of at least 4 members (excludes halogenated alkanes) is 4. The Hall–Kier alpha value is -0.600. The van der Waals surface area contributed by atoms with Gasteiger partial charge in [0.2, 0.25) is 0 Å². The van der Waals surface area contributed by atoms with E-state index in [0.717, 1.165) is 24.9 Å². The molecule has 0 aromatic carbocycles. The topological polar surface area (TPSA) is 28.0 Å². The van der Waals surface area contributed by atoms with Crippen LogP contribution in [0.2, 0.25) is 0 Å². The largest absolute Gasteiger partial charge is 0.271 e. The van der Waals surface area contributed by atoms with E-state index in [1.807, 2.05) is 0 Å². The molecule has 0 spiro atoms. The molecule has 3 nitrogen and oxygen atoms in total. The molecular formula is C18H37N3. The lowest BCUT2D eigenvalue weighted by atomic mass is 9.93. The summed E-state index contributed by atoms with van der Waals surface area (Å²) in [6, 6.07) is 0. The van der Waals surface area contributed by atoms with Crippen molar-refractivity contribution in [2.75, 3.05) is 13.1 Å². The first-order valence-electron chi connectivity index (χ1n) is 9.09. The molecule has 0 radical (unpaired) electrons. The van der Waals surface area contributed by atoms with Gasteiger partial charge in [-0.3, -0.25) is 5.01 Å². The van der Waals surface area contributed by atoms with Crippen molar-refractivity contribution in [3.05, 3.63) is 0 Å². The molecule has 21 heavy (non-hydrogen) atoms. The normalized spacial score (nSPS) is 22.0. The van der Waals surface area contributed by atoms with Gasteiger partial charge >= 0.3 is 0 Å². The van der Waals surface area contributed by atoms with Gasteiger partial charge in [-0.25, -0.2) is 0 Å². The van der Waals surface area contributed by atoms with Crippen molar-refractivity contribution >= 4 is 0 Å². The molecule has 0 aliphatic carbocycles. The first-order valence-corrected chi connectivity index (χ1v) is 9.09. The molecule has 0 bridgehead atoms. The van der Waals surface area contributed by atoms with Crippen molar-refractivity contribution in [1.29, 1.82) is 0 Å². The summed E-state index contributed by atoms with van der Waals surface area (Å²) in [5.41, 5.74) is 0.187. The van der Waals surface area contributed by atoms with Gasteiger partial charge in [0, 0.05) is 6.54 Å². The molecule has 0 saturated heterocycles. The van der Waals surface area contributed by atoms with Crippen LogP contribution in [-0.2, 0) is 0 Å². The van der Waals surface area contributed by atoms with Gasteiger partial charge in [-0.2, -0.15) is 5.11 Å². The Kier molecular flexibility index (Phi) is 8.28. The van der Waals surface area contributed by atoms with E-state index in [-0.39, 0.29) is 5.54 Å². The average molecular weight is 296 g/mol. The van der Waals surface area contributed by atoms with Gasteiger partial charge < -0.3 is 0 Å². The van der Waals surface area contributed by atoms with Crippen LogP contribution in [0, 0.1) is 11.8 Å². The minimum Gasteiger partial charge on any atom is -0.271 e. The molecule has 1 atom stereocenters. The summed E-state index contributed by atoms with van der Waals surface area (Å²) in [5, 5.41) is 10.9. The minimum atomic E-state index is 0.187. The van der Waals surface area contributed by atoms with Crippen molar-refractivity contribution in [3.63, 3.8) is 0 Å². The molecule has 1 aliphatic rings. The van der Waals surface area contributed by atoms with E-state index in [2.05, 4.69) is 50.0 Å². The molecule has 1 aliphatic heterocycles. The van der Waals surface area contributed by atoms with Crippen LogP contribution in [0.15, 0.2) is 10.3 Å². The lowest BCUT2D eigenvalue weighted by Crippen LogP contribution is -2.42. The van der Waals surface area contributed by atoms with Crippen LogP contribution in [0.4, 0.5) is 0 Å². The maximum Gasteiger partial charge on any atom is 0.0866 e. The van der Waals surface area contributed by atoms with E-state index >= 15 is 0 Å². The fourth-order valence-electron chi connectivity index (χ4n) is 2.94. The maximum atomic E-state index is 4.37. The van der Waals surface area contributed by atoms with E-state index in [4.69, 9.17) is 0 Å². The third kappa shape index (κ3) is 7.28. The standard InChI is InChI=1S/C18H37N3/c1-16(2)11-9-7-6-8-10-13-18(5)15-19-20-21(18)14-12-17(3)4/h16-17H,6-15H2,1-5H3. The lowest BCUT2D eigenvalue weighted by Gasteiger charge is -2.33.